The minimum atomic E-state index is -0.927. The van der Waals surface area contributed by atoms with Crippen LogP contribution in [0.3, 0.4) is 0 Å². The van der Waals surface area contributed by atoms with Gasteiger partial charge in [-0.05, 0) is 19.1 Å². The van der Waals surface area contributed by atoms with Gasteiger partial charge in [0.1, 0.15) is 10.7 Å². The van der Waals surface area contributed by atoms with Gasteiger partial charge >= 0.3 is 12.1 Å². The van der Waals surface area contributed by atoms with E-state index in [2.05, 4.69) is 15.3 Å². The van der Waals surface area contributed by atoms with E-state index >= 15 is 0 Å². The number of hydrogen-bond donors (Lipinski definition) is 2. The highest BCUT2D eigenvalue weighted by Crippen LogP contribution is 2.32. The molecule has 1 aliphatic heterocycles. The molecular weight excluding hydrogens is 458 g/mol. The van der Waals surface area contributed by atoms with E-state index in [1.165, 1.54) is 11.1 Å². The fourth-order valence-corrected chi connectivity index (χ4v) is 4.38. The number of nitrogens with zero attached hydrogens (tertiary/aromatic N) is 4. The van der Waals surface area contributed by atoms with Crippen molar-refractivity contribution in [3.8, 4) is 11.3 Å². The number of anilines is 2. The molecule has 1 aromatic carbocycles. The molecule has 2 amide bonds. The average Bonchev–Trinajstić information content (AvgIpc) is 3.29. The number of pyridine rings is 1. The fourth-order valence-electron chi connectivity index (χ4n) is 3.50. The number of carbonyl (C=O) groups excluding carboxylic acids is 2. The predicted octanol–water partition coefficient (Wildman–Crippen LogP) is 3.43. The summed E-state index contributed by atoms with van der Waals surface area (Å²) < 4.78 is 5.15. The number of carbonyl (C=O) groups is 3. The Morgan fingerprint density at radius 1 is 1.09 bits per heavy atom. The highest BCUT2D eigenvalue weighted by molar-refractivity contribution is 7.18. The van der Waals surface area contributed by atoms with Crippen LogP contribution in [0.1, 0.15) is 27.0 Å². The van der Waals surface area contributed by atoms with Crippen LogP contribution in [0.15, 0.2) is 48.7 Å². The van der Waals surface area contributed by atoms with E-state index < -0.39 is 18.0 Å². The van der Waals surface area contributed by atoms with Gasteiger partial charge in [-0.3, -0.25) is 10.1 Å². The minimum absolute atomic E-state index is 0.232. The zero-order valence-corrected chi connectivity index (χ0v) is 19.2. The van der Waals surface area contributed by atoms with Gasteiger partial charge in [0.05, 0.1) is 17.9 Å². The van der Waals surface area contributed by atoms with Crippen LogP contribution in [-0.2, 0) is 4.74 Å². The molecule has 176 valence electrons. The van der Waals surface area contributed by atoms with Gasteiger partial charge in [-0.25, -0.2) is 19.6 Å². The smallest absolute Gasteiger partial charge is 0.407 e. The monoisotopic (exact) mass is 481 g/mol. The van der Waals surface area contributed by atoms with Gasteiger partial charge in [0, 0.05) is 37.9 Å². The summed E-state index contributed by atoms with van der Waals surface area (Å²) in [6, 6.07) is 12.6. The van der Waals surface area contributed by atoms with Crippen LogP contribution in [0.4, 0.5) is 15.7 Å². The molecule has 3 aromatic rings. The molecule has 0 aliphatic carbocycles. The average molecular weight is 482 g/mol. The Morgan fingerprint density at radius 2 is 1.82 bits per heavy atom. The van der Waals surface area contributed by atoms with E-state index in [-0.39, 0.29) is 11.7 Å². The molecule has 0 unspecified atom stereocenters. The molecule has 0 saturated carbocycles. The molecule has 0 atom stereocenters. The second kappa shape index (κ2) is 10.3. The van der Waals surface area contributed by atoms with Gasteiger partial charge < -0.3 is 19.6 Å². The lowest BCUT2D eigenvalue weighted by Crippen LogP contribution is -2.48. The minimum Gasteiger partial charge on any atom is -0.465 e. The van der Waals surface area contributed by atoms with Crippen molar-refractivity contribution in [1.82, 2.24) is 14.9 Å². The molecule has 1 fully saturated rings. The second-order valence-corrected chi connectivity index (χ2v) is 8.40. The number of carboxylic acid groups (broad SMARTS) is 1. The van der Waals surface area contributed by atoms with Gasteiger partial charge in [0.25, 0.3) is 5.91 Å². The maximum atomic E-state index is 12.8. The largest absolute Gasteiger partial charge is 0.465 e. The molecule has 4 rings (SSSR count). The summed E-state index contributed by atoms with van der Waals surface area (Å²) in [6.07, 6.45) is 0.537. The van der Waals surface area contributed by atoms with Crippen LogP contribution in [0.2, 0.25) is 0 Å². The molecule has 10 nitrogen and oxygen atoms in total. The Kier molecular flexibility index (Phi) is 7.02. The molecule has 0 spiro atoms. The van der Waals surface area contributed by atoms with Gasteiger partial charge in [-0.15, -0.1) is 0 Å². The van der Waals surface area contributed by atoms with Crippen molar-refractivity contribution in [2.45, 2.75) is 6.92 Å². The van der Waals surface area contributed by atoms with Crippen molar-refractivity contribution in [2.24, 2.45) is 0 Å². The van der Waals surface area contributed by atoms with Crippen molar-refractivity contribution in [3.63, 3.8) is 0 Å². The molecule has 2 aromatic heterocycles. The Labute approximate surface area is 199 Å². The summed E-state index contributed by atoms with van der Waals surface area (Å²) in [5, 5.41) is 12.1. The maximum Gasteiger partial charge on any atom is 0.407 e. The lowest BCUT2D eigenvalue weighted by molar-refractivity contribution is 0.0532. The molecule has 1 aliphatic rings. The number of thiazole rings is 1. The fraction of sp³-hybridized carbons (Fsp3) is 0.261. The Bertz CT molecular complexity index is 1170. The number of aromatic nitrogens is 2. The van der Waals surface area contributed by atoms with E-state index in [0.717, 1.165) is 16.9 Å². The first-order chi connectivity index (χ1) is 16.5. The zero-order valence-electron chi connectivity index (χ0n) is 18.4. The van der Waals surface area contributed by atoms with Crippen LogP contribution in [0, 0.1) is 0 Å². The number of rotatable bonds is 6. The van der Waals surface area contributed by atoms with Crippen molar-refractivity contribution in [2.75, 3.05) is 43.0 Å². The summed E-state index contributed by atoms with van der Waals surface area (Å²) >= 11 is 1.05. The molecule has 1 saturated heterocycles. The highest BCUT2D eigenvalue weighted by Gasteiger charge is 2.23. The number of benzene rings is 1. The standard InChI is InChI=1S/C23H23N5O5S/c1-2-33-21(30)19-18(15-6-4-3-5-7-15)25-22(34-19)26-20(29)16-8-9-17(24-14-16)27-10-12-28(13-11-27)23(31)32/h3-9,14H,2,10-13H2,1H3,(H,31,32)(H,25,26,29). The van der Waals surface area contributed by atoms with Gasteiger partial charge in [0.15, 0.2) is 5.13 Å². The van der Waals surface area contributed by atoms with Crippen LogP contribution in [-0.4, -0.2) is 70.7 Å². The van der Waals surface area contributed by atoms with Gasteiger partial charge in [0.2, 0.25) is 0 Å². The Balaban J connectivity index is 1.47. The third-order valence-electron chi connectivity index (χ3n) is 5.24. The van der Waals surface area contributed by atoms with Crippen LogP contribution in [0.25, 0.3) is 11.3 Å². The van der Waals surface area contributed by atoms with Crippen molar-refractivity contribution >= 4 is 40.3 Å². The normalized spacial score (nSPS) is 13.4. The van der Waals surface area contributed by atoms with Crippen LogP contribution < -0.4 is 10.2 Å². The quantitative estimate of drug-likeness (QED) is 0.513. The van der Waals surface area contributed by atoms with Gasteiger partial charge in [-0.2, -0.15) is 0 Å². The molecule has 3 heterocycles. The lowest BCUT2D eigenvalue weighted by Gasteiger charge is -2.33. The highest BCUT2D eigenvalue weighted by atomic mass is 32.1. The number of piperazine rings is 1. The van der Waals surface area contributed by atoms with E-state index in [1.807, 2.05) is 35.2 Å². The first-order valence-corrected chi connectivity index (χ1v) is 11.5. The summed E-state index contributed by atoms with van der Waals surface area (Å²) in [5.41, 5.74) is 1.53. The lowest BCUT2D eigenvalue weighted by atomic mass is 10.1. The maximum absolute atomic E-state index is 12.8. The van der Waals surface area contributed by atoms with Crippen molar-refractivity contribution < 1.29 is 24.2 Å². The summed E-state index contributed by atoms with van der Waals surface area (Å²) in [7, 11) is 0. The number of ether oxygens (including phenoxy) is 1. The second-order valence-electron chi connectivity index (χ2n) is 7.40. The number of esters is 1. The summed E-state index contributed by atoms with van der Waals surface area (Å²) in [4.78, 5) is 48.8. The SMILES string of the molecule is CCOC(=O)c1sc(NC(=O)c2ccc(N3CCN(C(=O)O)CC3)nc2)nc1-c1ccccc1. The first-order valence-electron chi connectivity index (χ1n) is 10.7. The topological polar surface area (TPSA) is 125 Å². The summed E-state index contributed by atoms with van der Waals surface area (Å²) in [5.74, 6) is -0.223. The zero-order chi connectivity index (χ0) is 24.1. The molecule has 34 heavy (non-hydrogen) atoms. The van der Waals surface area contributed by atoms with Gasteiger partial charge in [-0.1, -0.05) is 41.7 Å². The summed E-state index contributed by atoms with van der Waals surface area (Å²) in [6.45, 7) is 3.82. The molecule has 0 bridgehead atoms. The molecular formula is C23H23N5O5S. The third kappa shape index (κ3) is 5.15. The van der Waals surface area contributed by atoms with Crippen molar-refractivity contribution in [1.29, 1.82) is 0 Å². The third-order valence-corrected chi connectivity index (χ3v) is 6.19. The number of amides is 2. The molecule has 0 radical (unpaired) electrons. The van der Waals surface area contributed by atoms with E-state index in [1.54, 1.807) is 19.1 Å². The van der Waals surface area contributed by atoms with E-state index in [0.29, 0.717) is 48.1 Å². The molecule has 11 heteroatoms. The van der Waals surface area contributed by atoms with Crippen LogP contribution in [0.5, 0.6) is 0 Å². The van der Waals surface area contributed by atoms with Crippen LogP contribution >= 0.6 is 11.3 Å². The Hall–Kier alpha value is -3.99. The van der Waals surface area contributed by atoms with E-state index in [4.69, 9.17) is 9.84 Å². The van der Waals surface area contributed by atoms with E-state index in [9.17, 15) is 14.4 Å². The Morgan fingerprint density at radius 3 is 2.44 bits per heavy atom. The predicted molar refractivity (Wildman–Crippen MR) is 128 cm³/mol. The first kappa shape index (κ1) is 23.2. The number of nitrogens with one attached hydrogen (secondary N) is 1. The van der Waals surface area contributed by atoms with Crippen molar-refractivity contribution in [3.05, 3.63) is 59.1 Å². The molecule has 2 N–H and O–H groups in total. The number of hydrogen-bond acceptors (Lipinski definition) is 8.